The molecule has 0 spiro atoms. The topological polar surface area (TPSA) is 63.8 Å². The Hall–Kier alpha value is -1.16. The maximum atomic E-state index is 5.73. The van der Waals surface area contributed by atoms with Crippen LogP contribution in [0, 0.1) is 12.8 Å². The second kappa shape index (κ2) is 4.57. The number of nitrogens with one attached hydrogen (secondary N) is 1. The molecule has 1 aromatic heterocycles. The number of anilines is 1. The largest absolute Gasteiger partial charge is 0.367 e. The molecule has 2 atom stereocenters. The van der Waals surface area contributed by atoms with E-state index in [0.29, 0.717) is 12.0 Å². The molecule has 0 amide bonds. The summed E-state index contributed by atoms with van der Waals surface area (Å²) in [7, 11) is 0. The first-order valence-corrected chi connectivity index (χ1v) is 5.55. The molecule has 0 aromatic carbocycles. The molecule has 0 bridgehead atoms. The van der Waals surface area contributed by atoms with Gasteiger partial charge in [-0.05, 0) is 32.2 Å². The fourth-order valence-electron chi connectivity index (χ4n) is 2.23. The van der Waals surface area contributed by atoms with Crippen LogP contribution in [0.4, 0.5) is 5.82 Å². The molecule has 2 unspecified atom stereocenters. The molecule has 3 N–H and O–H groups in total. The Bertz CT molecular complexity index is 326. The molecule has 4 heteroatoms. The van der Waals surface area contributed by atoms with Crippen molar-refractivity contribution < 1.29 is 0 Å². The molecule has 0 aliphatic heterocycles. The van der Waals surface area contributed by atoms with E-state index in [0.717, 1.165) is 18.1 Å². The Labute approximate surface area is 90.3 Å². The highest BCUT2D eigenvalue weighted by Gasteiger charge is 2.25. The summed E-state index contributed by atoms with van der Waals surface area (Å²) in [4.78, 5) is 8.29. The van der Waals surface area contributed by atoms with Crippen molar-refractivity contribution in [2.75, 3.05) is 11.9 Å². The van der Waals surface area contributed by atoms with Crippen molar-refractivity contribution in [3.8, 4) is 0 Å². The average Bonchev–Trinajstić information content (AvgIpc) is 2.65. The molecule has 1 aromatic rings. The van der Waals surface area contributed by atoms with Crippen LogP contribution in [0.25, 0.3) is 0 Å². The van der Waals surface area contributed by atoms with Crippen LogP contribution in [-0.4, -0.2) is 22.6 Å². The smallest absolute Gasteiger partial charge is 0.129 e. The van der Waals surface area contributed by atoms with E-state index in [4.69, 9.17) is 5.73 Å². The minimum Gasteiger partial charge on any atom is -0.367 e. The second-order valence-corrected chi connectivity index (χ2v) is 4.22. The van der Waals surface area contributed by atoms with E-state index < -0.39 is 0 Å². The van der Waals surface area contributed by atoms with Gasteiger partial charge in [0.05, 0.1) is 0 Å². The van der Waals surface area contributed by atoms with Gasteiger partial charge < -0.3 is 11.1 Å². The van der Waals surface area contributed by atoms with E-state index in [9.17, 15) is 0 Å². The Morgan fingerprint density at radius 1 is 1.47 bits per heavy atom. The maximum absolute atomic E-state index is 5.73. The van der Waals surface area contributed by atoms with Crippen LogP contribution in [0.2, 0.25) is 0 Å². The van der Waals surface area contributed by atoms with Crippen LogP contribution in [0.3, 0.4) is 0 Å². The van der Waals surface area contributed by atoms with Crippen LogP contribution in [-0.2, 0) is 0 Å². The minimum absolute atomic E-state index is 0.490. The summed E-state index contributed by atoms with van der Waals surface area (Å²) < 4.78 is 0. The van der Waals surface area contributed by atoms with Crippen molar-refractivity contribution in [3.05, 3.63) is 18.1 Å². The van der Waals surface area contributed by atoms with Crippen LogP contribution >= 0.6 is 0 Å². The fourth-order valence-corrected chi connectivity index (χ4v) is 2.23. The van der Waals surface area contributed by atoms with Gasteiger partial charge in [0.2, 0.25) is 0 Å². The Kier molecular flexibility index (Phi) is 3.16. The number of aryl methyl sites for hydroxylation is 1. The standard InChI is InChI=1S/C11H18N4/c1-8-5-11(14-7-13-8)15-10-4-2-3-9(10)6-12/h5,7,9-10H,2-4,6,12H2,1H3,(H,13,14,15). The van der Waals surface area contributed by atoms with Gasteiger partial charge in [0.15, 0.2) is 0 Å². The summed E-state index contributed by atoms with van der Waals surface area (Å²) >= 11 is 0. The van der Waals surface area contributed by atoms with E-state index in [1.807, 2.05) is 13.0 Å². The molecule has 1 aliphatic rings. The lowest BCUT2D eigenvalue weighted by Gasteiger charge is -2.19. The SMILES string of the molecule is Cc1cc(NC2CCCC2CN)ncn1. The molecule has 1 saturated carbocycles. The molecular weight excluding hydrogens is 188 g/mol. The van der Waals surface area contributed by atoms with Crippen LogP contribution in [0.1, 0.15) is 25.0 Å². The zero-order chi connectivity index (χ0) is 10.7. The van der Waals surface area contributed by atoms with E-state index in [1.165, 1.54) is 19.3 Å². The number of hydrogen-bond acceptors (Lipinski definition) is 4. The second-order valence-electron chi connectivity index (χ2n) is 4.22. The van der Waals surface area contributed by atoms with Gasteiger partial charge in [0.1, 0.15) is 12.1 Å². The molecule has 15 heavy (non-hydrogen) atoms. The lowest BCUT2D eigenvalue weighted by Crippen LogP contribution is -2.29. The van der Waals surface area contributed by atoms with E-state index in [2.05, 4.69) is 15.3 Å². The third kappa shape index (κ3) is 2.45. The highest BCUT2D eigenvalue weighted by atomic mass is 15.0. The molecule has 1 aliphatic carbocycles. The predicted molar refractivity (Wildman–Crippen MR) is 60.6 cm³/mol. The van der Waals surface area contributed by atoms with Gasteiger partial charge in [-0.3, -0.25) is 0 Å². The normalized spacial score (nSPS) is 25.5. The van der Waals surface area contributed by atoms with Crippen molar-refractivity contribution in [2.45, 2.75) is 32.2 Å². The summed E-state index contributed by atoms with van der Waals surface area (Å²) in [6.45, 7) is 2.74. The van der Waals surface area contributed by atoms with E-state index in [1.54, 1.807) is 6.33 Å². The van der Waals surface area contributed by atoms with Gasteiger partial charge in [-0.15, -0.1) is 0 Å². The van der Waals surface area contributed by atoms with E-state index >= 15 is 0 Å². The molecule has 1 fully saturated rings. The maximum Gasteiger partial charge on any atom is 0.129 e. The highest BCUT2D eigenvalue weighted by molar-refractivity contribution is 5.36. The third-order valence-corrected chi connectivity index (χ3v) is 3.10. The van der Waals surface area contributed by atoms with Crippen molar-refractivity contribution in [1.82, 2.24) is 9.97 Å². The van der Waals surface area contributed by atoms with Crippen molar-refractivity contribution in [1.29, 1.82) is 0 Å². The molecule has 2 rings (SSSR count). The van der Waals surface area contributed by atoms with Crippen LogP contribution in [0.15, 0.2) is 12.4 Å². The van der Waals surface area contributed by atoms with Crippen molar-refractivity contribution in [2.24, 2.45) is 11.7 Å². The first-order valence-electron chi connectivity index (χ1n) is 5.55. The van der Waals surface area contributed by atoms with Gasteiger partial charge in [0.25, 0.3) is 0 Å². The Morgan fingerprint density at radius 3 is 3.07 bits per heavy atom. The summed E-state index contributed by atoms with van der Waals surface area (Å²) in [5, 5.41) is 3.45. The third-order valence-electron chi connectivity index (χ3n) is 3.10. The van der Waals surface area contributed by atoms with Gasteiger partial charge >= 0.3 is 0 Å². The molecule has 4 nitrogen and oxygen atoms in total. The zero-order valence-electron chi connectivity index (χ0n) is 9.11. The Morgan fingerprint density at radius 2 is 2.33 bits per heavy atom. The molecular formula is C11H18N4. The number of hydrogen-bond donors (Lipinski definition) is 2. The van der Waals surface area contributed by atoms with E-state index in [-0.39, 0.29) is 0 Å². The van der Waals surface area contributed by atoms with Gasteiger partial charge in [0, 0.05) is 17.8 Å². The van der Waals surface area contributed by atoms with Gasteiger partial charge in [-0.2, -0.15) is 0 Å². The number of rotatable bonds is 3. The minimum atomic E-state index is 0.490. The molecule has 1 heterocycles. The first-order chi connectivity index (χ1) is 7.29. The first kappa shape index (κ1) is 10.4. The van der Waals surface area contributed by atoms with Crippen LogP contribution < -0.4 is 11.1 Å². The summed E-state index contributed by atoms with van der Waals surface area (Å²) in [5.41, 5.74) is 6.73. The lowest BCUT2D eigenvalue weighted by atomic mass is 10.0. The van der Waals surface area contributed by atoms with Crippen molar-refractivity contribution in [3.63, 3.8) is 0 Å². The van der Waals surface area contributed by atoms with Gasteiger partial charge in [-0.1, -0.05) is 6.42 Å². The molecule has 0 radical (unpaired) electrons. The number of aromatic nitrogens is 2. The quantitative estimate of drug-likeness (QED) is 0.783. The fraction of sp³-hybridized carbons (Fsp3) is 0.636. The molecule has 82 valence electrons. The average molecular weight is 206 g/mol. The van der Waals surface area contributed by atoms with Crippen molar-refractivity contribution >= 4 is 5.82 Å². The van der Waals surface area contributed by atoms with Crippen LogP contribution in [0.5, 0.6) is 0 Å². The lowest BCUT2D eigenvalue weighted by molar-refractivity contribution is 0.515. The summed E-state index contributed by atoms with van der Waals surface area (Å²) in [6.07, 6.45) is 5.30. The zero-order valence-corrected chi connectivity index (χ0v) is 9.11. The summed E-state index contributed by atoms with van der Waals surface area (Å²) in [6, 6.07) is 2.47. The monoisotopic (exact) mass is 206 g/mol. The molecule has 0 saturated heterocycles. The number of nitrogens with two attached hydrogens (primary N) is 1. The van der Waals surface area contributed by atoms with Gasteiger partial charge in [-0.25, -0.2) is 9.97 Å². The number of nitrogens with zero attached hydrogens (tertiary/aromatic N) is 2. The summed E-state index contributed by atoms with van der Waals surface area (Å²) in [5.74, 6) is 1.52. The Balaban J connectivity index is 2.02. The highest BCUT2D eigenvalue weighted by Crippen LogP contribution is 2.27. The predicted octanol–water partition coefficient (Wildman–Crippen LogP) is 1.32.